The molecule has 25 heavy (non-hydrogen) atoms. The van der Waals surface area contributed by atoms with Gasteiger partial charge in [-0.2, -0.15) is 0 Å². The fraction of sp³-hybridized carbons (Fsp3) is 0.450. The molecule has 1 amide bonds. The second kappa shape index (κ2) is 7.73. The summed E-state index contributed by atoms with van der Waals surface area (Å²) in [5.41, 5.74) is 0.791. The van der Waals surface area contributed by atoms with Crippen molar-refractivity contribution in [1.82, 2.24) is 9.80 Å². The molecule has 2 aliphatic rings. The van der Waals surface area contributed by atoms with E-state index >= 15 is 0 Å². The predicted octanol–water partition coefficient (Wildman–Crippen LogP) is 2.79. The van der Waals surface area contributed by atoms with Crippen molar-refractivity contribution in [3.63, 3.8) is 0 Å². The largest absolute Gasteiger partial charge is 0.392 e. The van der Waals surface area contributed by atoms with Crippen molar-refractivity contribution in [3.8, 4) is 0 Å². The SMILES string of the molecule is Cl.O=C(c1cccc2ccccc12)N1CCN(CC(O)C2CC2)CC1. The number of carbonyl (C=O) groups is 1. The first-order valence-electron chi connectivity index (χ1n) is 8.90. The third-order valence-electron chi connectivity index (χ3n) is 5.29. The third-order valence-corrected chi connectivity index (χ3v) is 5.29. The Labute approximate surface area is 154 Å². The zero-order chi connectivity index (χ0) is 16.5. The van der Waals surface area contributed by atoms with E-state index < -0.39 is 0 Å². The van der Waals surface area contributed by atoms with Crippen molar-refractivity contribution >= 4 is 29.1 Å². The van der Waals surface area contributed by atoms with Crippen LogP contribution in [0.3, 0.4) is 0 Å². The van der Waals surface area contributed by atoms with Gasteiger partial charge in [-0.15, -0.1) is 12.4 Å². The highest BCUT2D eigenvalue weighted by Gasteiger charge is 2.32. The average molecular weight is 361 g/mol. The number of aliphatic hydroxyl groups is 1. The summed E-state index contributed by atoms with van der Waals surface area (Å²) in [4.78, 5) is 17.2. The summed E-state index contributed by atoms with van der Waals surface area (Å²) in [6.07, 6.45) is 2.15. The van der Waals surface area contributed by atoms with Crippen molar-refractivity contribution in [3.05, 3.63) is 48.0 Å². The van der Waals surface area contributed by atoms with E-state index in [1.54, 1.807) is 0 Å². The third kappa shape index (κ3) is 3.97. The van der Waals surface area contributed by atoms with Gasteiger partial charge in [-0.3, -0.25) is 9.69 Å². The van der Waals surface area contributed by atoms with Crippen molar-refractivity contribution in [2.45, 2.75) is 18.9 Å². The molecule has 4 nitrogen and oxygen atoms in total. The van der Waals surface area contributed by atoms with Crippen LogP contribution >= 0.6 is 12.4 Å². The Hall–Kier alpha value is -1.62. The van der Waals surface area contributed by atoms with Gasteiger partial charge in [-0.1, -0.05) is 36.4 Å². The first-order chi connectivity index (χ1) is 11.7. The van der Waals surface area contributed by atoms with Crippen molar-refractivity contribution < 1.29 is 9.90 Å². The standard InChI is InChI=1S/C20H24N2O2.ClH/c23-19(16-8-9-16)14-21-10-12-22(13-11-21)20(24)18-7-3-5-15-4-1-2-6-17(15)18;/h1-7,16,19,23H,8-14H2;1H. The van der Waals surface area contributed by atoms with Crippen LogP contribution in [0.15, 0.2) is 42.5 Å². The van der Waals surface area contributed by atoms with Gasteiger partial charge >= 0.3 is 0 Å². The van der Waals surface area contributed by atoms with Crippen LogP contribution in [-0.2, 0) is 0 Å². The van der Waals surface area contributed by atoms with E-state index in [0.717, 1.165) is 49.1 Å². The van der Waals surface area contributed by atoms with Crippen molar-refractivity contribution in [2.75, 3.05) is 32.7 Å². The van der Waals surface area contributed by atoms with Gasteiger partial charge in [0.25, 0.3) is 5.91 Å². The van der Waals surface area contributed by atoms with Crippen LogP contribution in [0.1, 0.15) is 23.2 Å². The van der Waals surface area contributed by atoms with Crippen molar-refractivity contribution in [1.29, 1.82) is 0 Å². The fourth-order valence-corrected chi connectivity index (χ4v) is 3.61. The van der Waals surface area contributed by atoms with Gasteiger partial charge in [-0.25, -0.2) is 0 Å². The maximum absolute atomic E-state index is 12.9. The number of carbonyl (C=O) groups excluding carboxylic acids is 1. The molecule has 0 spiro atoms. The molecule has 134 valence electrons. The minimum absolute atomic E-state index is 0. The summed E-state index contributed by atoms with van der Waals surface area (Å²) in [6.45, 7) is 3.92. The number of amides is 1. The highest BCUT2D eigenvalue weighted by atomic mass is 35.5. The smallest absolute Gasteiger partial charge is 0.254 e. The highest BCUT2D eigenvalue weighted by molar-refractivity contribution is 6.07. The van der Waals surface area contributed by atoms with Crippen LogP contribution in [-0.4, -0.2) is 59.6 Å². The molecule has 0 bridgehead atoms. The summed E-state index contributed by atoms with van der Waals surface area (Å²) >= 11 is 0. The zero-order valence-corrected chi connectivity index (χ0v) is 15.1. The minimum Gasteiger partial charge on any atom is -0.392 e. The van der Waals surface area contributed by atoms with Crippen LogP contribution in [0.2, 0.25) is 0 Å². The molecular formula is C20H25ClN2O2. The molecule has 5 heteroatoms. The number of benzene rings is 2. The van der Waals surface area contributed by atoms with E-state index in [1.165, 1.54) is 12.8 Å². The molecule has 2 aromatic carbocycles. The van der Waals surface area contributed by atoms with E-state index in [0.29, 0.717) is 5.92 Å². The van der Waals surface area contributed by atoms with Gasteiger partial charge in [0.2, 0.25) is 0 Å². The van der Waals surface area contributed by atoms with Gasteiger partial charge < -0.3 is 10.0 Å². The topological polar surface area (TPSA) is 43.8 Å². The lowest BCUT2D eigenvalue weighted by atomic mass is 10.0. The Morgan fingerprint density at radius 2 is 1.72 bits per heavy atom. The summed E-state index contributed by atoms with van der Waals surface area (Å²) in [5.74, 6) is 0.634. The zero-order valence-electron chi connectivity index (χ0n) is 14.3. The lowest BCUT2D eigenvalue weighted by molar-refractivity contribution is 0.0490. The van der Waals surface area contributed by atoms with E-state index in [4.69, 9.17) is 0 Å². The Morgan fingerprint density at radius 1 is 1.04 bits per heavy atom. The molecule has 2 fully saturated rings. The van der Waals surface area contributed by atoms with Gasteiger partial charge in [0.05, 0.1) is 6.10 Å². The van der Waals surface area contributed by atoms with Crippen LogP contribution in [0.5, 0.6) is 0 Å². The molecular weight excluding hydrogens is 336 g/mol. The molecule has 4 rings (SSSR count). The Balaban J connectivity index is 0.00000182. The Kier molecular flexibility index (Phi) is 5.62. The van der Waals surface area contributed by atoms with Gasteiger partial charge in [-0.05, 0) is 35.6 Å². The number of hydrogen-bond donors (Lipinski definition) is 1. The molecule has 0 radical (unpaired) electrons. The predicted molar refractivity (Wildman–Crippen MR) is 102 cm³/mol. The molecule has 1 atom stereocenters. The minimum atomic E-state index is -0.190. The number of β-amino-alcohol motifs (C(OH)–C–C–N with tert-alkyl or cyclic N) is 1. The molecule has 1 aliphatic carbocycles. The van der Waals surface area contributed by atoms with E-state index in [2.05, 4.69) is 4.90 Å². The first kappa shape index (κ1) is 18.2. The molecule has 1 aliphatic heterocycles. The quantitative estimate of drug-likeness (QED) is 0.911. The van der Waals surface area contributed by atoms with Crippen LogP contribution in [0, 0.1) is 5.92 Å². The van der Waals surface area contributed by atoms with Crippen LogP contribution in [0.4, 0.5) is 0 Å². The summed E-state index contributed by atoms with van der Waals surface area (Å²) in [5, 5.41) is 12.2. The fourth-order valence-electron chi connectivity index (χ4n) is 3.61. The van der Waals surface area contributed by atoms with Crippen molar-refractivity contribution in [2.24, 2.45) is 5.92 Å². The Bertz CT molecular complexity index is 734. The number of halogens is 1. The second-order valence-corrected chi connectivity index (χ2v) is 7.02. The number of fused-ring (bicyclic) bond motifs is 1. The van der Waals surface area contributed by atoms with Gasteiger partial charge in [0.15, 0.2) is 0 Å². The number of piperazine rings is 1. The second-order valence-electron chi connectivity index (χ2n) is 7.02. The molecule has 1 N–H and O–H groups in total. The van der Waals surface area contributed by atoms with Gasteiger partial charge in [0.1, 0.15) is 0 Å². The molecule has 1 saturated carbocycles. The summed E-state index contributed by atoms with van der Waals surface area (Å²) in [6, 6.07) is 14.0. The molecule has 1 saturated heterocycles. The lowest BCUT2D eigenvalue weighted by Crippen LogP contribution is -2.50. The maximum atomic E-state index is 12.9. The molecule has 0 aromatic heterocycles. The Morgan fingerprint density at radius 3 is 2.44 bits per heavy atom. The van der Waals surface area contributed by atoms with E-state index in [-0.39, 0.29) is 24.4 Å². The number of hydrogen-bond acceptors (Lipinski definition) is 3. The highest BCUT2D eigenvalue weighted by Crippen LogP contribution is 2.33. The monoisotopic (exact) mass is 360 g/mol. The molecule has 1 heterocycles. The summed E-state index contributed by atoms with van der Waals surface area (Å²) in [7, 11) is 0. The average Bonchev–Trinajstić information content (AvgIpc) is 3.46. The molecule has 2 aromatic rings. The molecule has 1 unspecified atom stereocenters. The number of aliphatic hydroxyl groups excluding tert-OH is 1. The van der Waals surface area contributed by atoms with Crippen LogP contribution in [0.25, 0.3) is 10.8 Å². The maximum Gasteiger partial charge on any atom is 0.254 e. The van der Waals surface area contributed by atoms with Gasteiger partial charge in [0, 0.05) is 38.3 Å². The van der Waals surface area contributed by atoms with E-state index in [9.17, 15) is 9.90 Å². The first-order valence-corrected chi connectivity index (χ1v) is 8.90. The number of rotatable bonds is 4. The van der Waals surface area contributed by atoms with E-state index in [1.807, 2.05) is 47.4 Å². The lowest BCUT2D eigenvalue weighted by Gasteiger charge is -2.35. The number of nitrogens with zero attached hydrogens (tertiary/aromatic N) is 2. The summed E-state index contributed by atoms with van der Waals surface area (Å²) < 4.78 is 0. The normalized spacial score (nSPS) is 19.5. The van der Waals surface area contributed by atoms with Crippen LogP contribution < -0.4 is 0 Å².